The fraction of sp³-hybridized carbons (Fsp3) is 0.787. The Morgan fingerprint density at radius 2 is 0.718 bits per heavy atom. The van der Waals surface area contributed by atoms with Crippen LogP contribution in [-0.4, -0.2) is 69.4 Å². The second-order valence-corrected chi connectivity index (χ2v) is 26.8. The van der Waals surface area contributed by atoms with E-state index in [4.69, 9.17) is 13.8 Å². The molecule has 0 radical (unpaired) electrons. The summed E-state index contributed by atoms with van der Waals surface area (Å²) in [6, 6.07) is -0.895. The minimum absolute atomic E-state index is 0.0256. The molecule has 0 rings (SSSR count). The van der Waals surface area contributed by atoms with Gasteiger partial charge in [-0.3, -0.25) is 14.2 Å². The molecule has 3 atom stereocenters. The molecule has 0 heterocycles. The van der Waals surface area contributed by atoms with Gasteiger partial charge >= 0.3 is 5.97 Å². The maximum absolute atomic E-state index is 13.6. The van der Waals surface area contributed by atoms with Gasteiger partial charge in [0.05, 0.1) is 33.8 Å². The number of phosphoric ester groups is 1. The fourth-order valence-electron chi connectivity index (χ4n) is 10.2. The van der Waals surface area contributed by atoms with Gasteiger partial charge in [0.15, 0.2) is 0 Å². The molecule has 85 heavy (non-hydrogen) atoms. The molecule has 0 aromatic carbocycles. The summed E-state index contributed by atoms with van der Waals surface area (Å²) < 4.78 is 30.4. The molecule has 0 aromatic rings. The van der Waals surface area contributed by atoms with Crippen molar-refractivity contribution in [2.45, 2.75) is 341 Å². The van der Waals surface area contributed by atoms with Gasteiger partial charge in [-0.25, -0.2) is 0 Å². The standard InChI is InChI=1S/C75H137N2O7P/c1-7-10-13-16-19-22-25-27-29-31-33-35-37-38-40-42-44-46-48-50-53-56-59-62-65-68-75(79)84-73(66-63-60-57-54-51-24-21-18-15-12-9-3)72(71-83-85(80,81)82-70-69-77(4,5)6)76-74(78)67-64-61-58-55-52-49-47-45-43-41-39-36-34-32-30-28-26-23-20-17-14-11-8-2/h19-20,22-23,27-30,33-36,63,66,72-73H,7-18,21,24-26,31-32,37-62,64-65,67-71H2,1-6H3,(H-,76,78,80,81)/b22-19-,23-20-,29-27-,30-28-,35-33-,36-34-,66-63+. The first-order valence-electron chi connectivity index (χ1n) is 35.9. The molecule has 0 aromatic heterocycles. The first-order chi connectivity index (χ1) is 41.4. The van der Waals surface area contributed by atoms with Crippen LogP contribution in [0.5, 0.6) is 0 Å². The van der Waals surface area contributed by atoms with Gasteiger partial charge in [0, 0.05) is 12.8 Å². The summed E-state index contributed by atoms with van der Waals surface area (Å²) in [6.45, 7) is 6.81. The fourth-order valence-corrected chi connectivity index (χ4v) is 11.0. The van der Waals surface area contributed by atoms with Crippen LogP contribution in [0.25, 0.3) is 0 Å². The highest BCUT2D eigenvalue weighted by molar-refractivity contribution is 7.45. The Hall–Kier alpha value is -2.81. The van der Waals surface area contributed by atoms with E-state index in [9.17, 15) is 19.0 Å². The molecule has 1 amide bonds. The quantitative estimate of drug-likeness (QED) is 0.0212. The average Bonchev–Trinajstić information content (AvgIpc) is 3.58. The van der Waals surface area contributed by atoms with Crippen LogP contribution in [0.3, 0.4) is 0 Å². The number of hydrogen-bond donors (Lipinski definition) is 1. The van der Waals surface area contributed by atoms with Gasteiger partial charge in [-0.15, -0.1) is 0 Å². The summed E-state index contributed by atoms with van der Waals surface area (Å²) in [5, 5.41) is 3.04. The van der Waals surface area contributed by atoms with Gasteiger partial charge in [-0.05, 0) is 109 Å². The first kappa shape index (κ1) is 82.2. The zero-order valence-corrected chi connectivity index (χ0v) is 57.4. The highest BCUT2D eigenvalue weighted by Crippen LogP contribution is 2.38. The zero-order chi connectivity index (χ0) is 62.1. The molecule has 0 aliphatic rings. The number of unbranched alkanes of at least 4 members (excludes halogenated alkanes) is 37. The third-order valence-electron chi connectivity index (χ3n) is 15.8. The second kappa shape index (κ2) is 64.2. The Kier molecular flexibility index (Phi) is 62.1. The SMILES string of the molecule is CCCCC/C=C\C/C=C\C/C=C\CCCCCCCCCCCCCCC(=O)OC(/C=C/CCCCCCCCCCC)C(COP(=O)([O-])OCC[N+](C)(C)C)NC(=O)CCCCCCCCCCCC/C=C\C/C=C\C/C=C\CCCCC. The molecule has 0 saturated carbocycles. The van der Waals surface area contributed by atoms with Crippen molar-refractivity contribution in [1.82, 2.24) is 5.32 Å². The third kappa shape index (κ3) is 65.5. The molecule has 0 fully saturated rings. The van der Waals surface area contributed by atoms with E-state index in [-0.39, 0.29) is 24.9 Å². The van der Waals surface area contributed by atoms with E-state index in [1.165, 1.54) is 199 Å². The second-order valence-electron chi connectivity index (χ2n) is 25.4. The number of phosphoric acid groups is 1. The number of carbonyl (C=O) groups is 2. The molecule has 0 aliphatic heterocycles. The number of hydrogen-bond acceptors (Lipinski definition) is 7. The molecule has 3 unspecified atom stereocenters. The van der Waals surface area contributed by atoms with Crippen molar-refractivity contribution in [3.63, 3.8) is 0 Å². The van der Waals surface area contributed by atoms with Crippen molar-refractivity contribution >= 4 is 19.7 Å². The number of likely N-dealkylation sites (N-methyl/N-ethyl adjacent to an activating group) is 1. The Bertz CT molecular complexity index is 1730. The molecule has 10 heteroatoms. The van der Waals surface area contributed by atoms with Crippen LogP contribution in [-0.2, 0) is 27.9 Å². The number of nitrogens with zero attached hydrogens (tertiary/aromatic N) is 1. The molecule has 0 aliphatic carbocycles. The van der Waals surface area contributed by atoms with E-state index in [0.29, 0.717) is 17.4 Å². The van der Waals surface area contributed by atoms with Gasteiger partial charge in [-0.1, -0.05) is 292 Å². The maximum atomic E-state index is 13.6. The van der Waals surface area contributed by atoms with E-state index in [1.807, 2.05) is 33.3 Å². The number of ether oxygens (including phenoxy) is 1. The van der Waals surface area contributed by atoms with Crippen molar-refractivity contribution in [1.29, 1.82) is 0 Å². The Morgan fingerprint density at radius 1 is 0.412 bits per heavy atom. The lowest BCUT2D eigenvalue weighted by Gasteiger charge is -2.30. The molecule has 0 saturated heterocycles. The van der Waals surface area contributed by atoms with Crippen LogP contribution in [0.4, 0.5) is 0 Å². The lowest BCUT2D eigenvalue weighted by Crippen LogP contribution is -2.47. The van der Waals surface area contributed by atoms with Crippen molar-refractivity contribution in [2.75, 3.05) is 40.9 Å². The number of amides is 1. The summed E-state index contributed by atoms with van der Waals surface area (Å²) in [6.07, 6.45) is 85.6. The predicted molar refractivity (Wildman–Crippen MR) is 367 cm³/mol. The number of allylic oxidation sites excluding steroid dienone is 13. The first-order valence-corrected chi connectivity index (χ1v) is 37.4. The molecule has 0 bridgehead atoms. The van der Waals surface area contributed by atoms with E-state index in [2.05, 4.69) is 99.0 Å². The number of esters is 1. The minimum Gasteiger partial charge on any atom is -0.756 e. The van der Waals surface area contributed by atoms with E-state index < -0.39 is 26.6 Å². The highest BCUT2D eigenvalue weighted by Gasteiger charge is 2.27. The van der Waals surface area contributed by atoms with Gasteiger partial charge in [0.1, 0.15) is 19.3 Å². The summed E-state index contributed by atoms with van der Waals surface area (Å²) in [4.78, 5) is 40.2. The van der Waals surface area contributed by atoms with Crippen LogP contribution in [0.2, 0.25) is 0 Å². The molecular formula is C75H137N2O7P. The van der Waals surface area contributed by atoms with Crippen LogP contribution in [0.15, 0.2) is 85.1 Å². The zero-order valence-electron chi connectivity index (χ0n) is 56.6. The Balaban J connectivity index is 5.02. The highest BCUT2D eigenvalue weighted by atomic mass is 31.2. The van der Waals surface area contributed by atoms with E-state index in [0.717, 1.165) is 96.3 Å². The molecular weight excluding hydrogens is 1070 g/mol. The van der Waals surface area contributed by atoms with Crippen molar-refractivity contribution in [3.05, 3.63) is 85.1 Å². The largest absolute Gasteiger partial charge is 0.756 e. The Morgan fingerprint density at radius 3 is 1.09 bits per heavy atom. The van der Waals surface area contributed by atoms with Gasteiger partial charge in [-0.2, -0.15) is 0 Å². The topological polar surface area (TPSA) is 114 Å². The van der Waals surface area contributed by atoms with Crippen LogP contribution in [0.1, 0.15) is 329 Å². The Labute approximate surface area is 526 Å². The minimum atomic E-state index is -4.71. The van der Waals surface area contributed by atoms with Crippen molar-refractivity contribution in [3.8, 4) is 0 Å². The predicted octanol–water partition coefficient (Wildman–Crippen LogP) is 22.3. The van der Waals surface area contributed by atoms with E-state index in [1.54, 1.807) is 0 Å². The number of nitrogens with one attached hydrogen (secondary N) is 1. The average molecular weight is 1210 g/mol. The monoisotopic (exact) mass is 1210 g/mol. The van der Waals surface area contributed by atoms with Crippen LogP contribution in [0, 0.1) is 0 Å². The number of rotatable bonds is 65. The van der Waals surface area contributed by atoms with Gasteiger partial charge in [0.25, 0.3) is 7.82 Å². The smallest absolute Gasteiger partial charge is 0.306 e. The number of quaternary nitrogens is 1. The lowest BCUT2D eigenvalue weighted by molar-refractivity contribution is -0.870. The maximum Gasteiger partial charge on any atom is 0.306 e. The summed E-state index contributed by atoms with van der Waals surface area (Å²) in [7, 11) is 1.18. The third-order valence-corrected chi connectivity index (χ3v) is 16.8. The summed E-state index contributed by atoms with van der Waals surface area (Å²) in [5.74, 6) is -0.541. The number of carbonyl (C=O) groups excluding carboxylic acids is 2. The van der Waals surface area contributed by atoms with Gasteiger partial charge in [0.2, 0.25) is 5.91 Å². The van der Waals surface area contributed by atoms with Crippen LogP contribution >= 0.6 is 7.82 Å². The molecule has 0 spiro atoms. The lowest BCUT2D eigenvalue weighted by atomic mass is 10.0. The molecule has 494 valence electrons. The molecule has 9 nitrogen and oxygen atoms in total. The summed E-state index contributed by atoms with van der Waals surface area (Å²) >= 11 is 0. The van der Waals surface area contributed by atoms with Gasteiger partial charge < -0.3 is 28.5 Å². The van der Waals surface area contributed by atoms with Crippen molar-refractivity contribution in [2.24, 2.45) is 0 Å². The normalized spacial score (nSPS) is 14.0. The van der Waals surface area contributed by atoms with E-state index >= 15 is 0 Å². The van der Waals surface area contributed by atoms with Crippen molar-refractivity contribution < 1.29 is 37.3 Å². The molecule has 1 N–H and O–H groups in total. The summed E-state index contributed by atoms with van der Waals surface area (Å²) in [5.41, 5.74) is 0. The van der Waals surface area contributed by atoms with Crippen LogP contribution < -0.4 is 10.2 Å².